The molecule has 218 valence electrons. The fourth-order valence-corrected chi connectivity index (χ4v) is 6.32. The number of nitrogens with one attached hydrogen (secondary N) is 1. The van der Waals surface area contributed by atoms with Crippen LogP contribution in [0.15, 0.2) is 60.8 Å². The van der Waals surface area contributed by atoms with Crippen LogP contribution in [-0.4, -0.2) is 45.0 Å². The average molecular weight is 595 g/mol. The number of alkyl halides is 3. The van der Waals surface area contributed by atoms with Crippen molar-refractivity contribution in [3.8, 4) is 11.3 Å². The highest BCUT2D eigenvalue weighted by molar-refractivity contribution is 7.14. The minimum Gasteiger partial charge on any atom is -0.346 e. The van der Waals surface area contributed by atoms with Gasteiger partial charge in [-0.2, -0.15) is 18.3 Å². The summed E-state index contributed by atoms with van der Waals surface area (Å²) < 4.78 is 43.2. The highest BCUT2D eigenvalue weighted by atomic mass is 32.1. The minimum atomic E-state index is -4.61. The number of benzene rings is 2. The summed E-state index contributed by atoms with van der Waals surface area (Å²) in [5.41, 5.74) is 2.38. The first-order valence-electron chi connectivity index (χ1n) is 13.5. The maximum Gasteiger partial charge on any atom is 0.416 e. The van der Waals surface area contributed by atoms with Crippen molar-refractivity contribution in [3.63, 3.8) is 0 Å². The van der Waals surface area contributed by atoms with Crippen LogP contribution in [0.2, 0.25) is 0 Å². The van der Waals surface area contributed by atoms with Crippen LogP contribution in [0.25, 0.3) is 11.3 Å². The van der Waals surface area contributed by atoms with E-state index in [-0.39, 0.29) is 29.7 Å². The van der Waals surface area contributed by atoms with Crippen molar-refractivity contribution in [2.45, 2.75) is 45.3 Å². The number of amides is 3. The molecule has 0 spiro atoms. The predicted octanol–water partition coefficient (Wildman–Crippen LogP) is 6.07. The fourth-order valence-electron chi connectivity index (χ4n) is 5.40. The van der Waals surface area contributed by atoms with Crippen LogP contribution >= 0.6 is 11.3 Å². The monoisotopic (exact) mass is 594 g/mol. The number of nitrogens with zero attached hydrogens (tertiary/aromatic N) is 3. The molecule has 0 radical (unpaired) electrons. The van der Waals surface area contributed by atoms with Crippen LogP contribution in [0.4, 0.5) is 13.2 Å². The molecule has 0 aliphatic carbocycles. The smallest absolute Gasteiger partial charge is 0.346 e. The molecule has 2 aromatic carbocycles. The van der Waals surface area contributed by atoms with Gasteiger partial charge in [-0.15, -0.1) is 11.3 Å². The van der Waals surface area contributed by atoms with Crippen LogP contribution in [0, 0.1) is 6.92 Å². The van der Waals surface area contributed by atoms with Crippen LogP contribution in [0.1, 0.15) is 65.3 Å². The molecule has 3 amide bonds. The lowest BCUT2D eigenvalue weighted by Crippen LogP contribution is -2.47. The van der Waals surface area contributed by atoms with Gasteiger partial charge >= 0.3 is 6.18 Å². The Labute approximate surface area is 245 Å². The van der Waals surface area contributed by atoms with Crippen molar-refractivity contribution >= 4 is 29.1 Å². The van der Waals surface area contributed by atoms with Gasteiger partial charge in [0.1, 0.15) is 0 Å². The van der Waals surface area contributed by atoms with Crippen LogP contribution < -0.4 is 5.32 Å². The lowest BCUT2D eigenvalue weighted by Gasteiger charge is -2.25. The number of hydrogen-bond acceptors (Lipinski definition) is 5. The number of imide groups is 1. The quantitative estimate of drug-likeness (QED) is 0.239. The van der Waals surface area contributed by atoms with E-state index < -0.39 is 35.5 Å². The van der Waals surface area contributed by atoms with E-state index in [0.717, 1.165) is 45.5 Å². The second-order valence-electron chi connectivity index (χ2n) is 10.3. The largest absolute Gasteiger partial charge is 0.416 e. The molecule has 5 rings (SSSR count). The maximum absolute atomic E-state index is 13.8. The molecule has 2 aromatic heterocycles. The molecule has 42 heavy (non-hydrogen) atoms. The SMILES string of the molecule is CCCc1cnn(C)c1-c1cc(C(=O)N[C@@H](Cc2ccccc2C(F)(F)F)CN2C(=O)c3ccccc3C2=O)sc1C. The van der Waals surface area contributed by atoms with Crippen molar-refractivity contribution in [3.05, 3.63) is 98.4 Å². The molecule has 0 saturated carbocycles. The number of fused-ring (bicyclic) bond motifs is 1. The number of hydrogen-bond donors (Lipinski definition) is 1. The van der Waals surface area contributed by atoms with Gasteiger partial charge in [0.05, 0.1) is 39.5 Å². The van der Waals surface area contributed by atoms with E-state index in [4.69, 9.17) is 0 Å². The zero-order chi connectivity index (χ0) is 30.2. The number of rotatable bonds is 9. The van der Waals surface area contributed by atoms with E-state index in [0.29, 0.717) is 4.88 Å². The Kier molecular flexibility index (Phi) is 8.05. The van der Waals surface area contributed by atoms with Crippen molar-refractivity contribution in [1.29, 1.82) is 0 Å². The zero-order valence-electron chi connectivity index (χ0n) is 23.3. The standard InChI is InChI=1S/C31H29F3N4O3S/c1-4-9-20-16-35-37(3)27(20)24-15-26(42-18(24)2)28(39)36-21(14-19-10-5-8-13-25(19)31(32,33)34)17-38-29(40)22-11-6-7-12-23(22)30(38)41/h5-8,10-13,15-16,21H,4,9,14,17H2,1-3H3,(H,36,39)/t21-/m0/s1. The predicted molar refractivity (Wildman–Crippen MR) is 153 cm³/mol. The van der Waals surface area contributed by atoms with Crippen LogP contribution in [0.3, 0.4) is 0 Å². The molecule has 0 fully saturated rings. The molecule has 1 atom stereocenters. The summed E-state index contributed by atoms with van der Waals surface area (Å²) in [6, 6.07) is 12.2. The van der Waals surface area contributed by atoms with Gasteiger partial charge in [-0.05, 0) is 55.2 Å². The molecule has 0 unspecified atom stereocenters. The number of halogens is 3. The van der Waals surface area contributed by atoms with E-state index in [9.17, 15) is 27.6 Å². The second kappa shape index (κ2) is 11.6. The van der Waals surface area contributed by atoms with Crippen LogP contribution in [-0.2, 0) is 26.1 Å². The molecule has 1 N–H and O–H groups in total. The third-order valence-electron chi connectivity index (χ3n) is 7.34. The number of carbonyl (C=O) groups is 3. The molecule has 11 heteroatoms. The summed E-state index contributed by atoms with van der Waals surface area (Å²) in [6.45, 7) is 3.68. The molecule has 1 aliphatic rings. The first-order valence-corrected chi connectivity index (χ1v) is 14.3. The van der Waals surface area contributed by atoms with Crippen molar-refractivity contribution in [2.24, 2.45) is 7.05 Å². The molecule has 3 heterocycles. The Morgan fingerprint density at radius 2 is 1.64 bits per heavy atom. The van der Waals surface area contributed by atoms with Gasteiger partial charge in [0.25, 0.3) is 17.7 Å². The van der Waals surface area contributed by atoms with E-state index in [1.807, 2.05) is 20.2 Å². The summed E-state index contributed by atoms with van der Waals surface area (Å²) in [7, 11) is 1.83. The van der Waals surface area contributed by atoms with Gasteiger partial charge in [0, 0.05) is 24.0 Å². The lowest BCUT2D eigenvalue weighted by atomic mass is 9.99. The Hall–Kier alpha value is -4.25. The number of aromatic nitrogens is 2. The topological polar surface area (TPSA) is 84.3 Å². The van der Waals surface area contributed by atoms with Crippen molar-refractivity contribution < 1.29 is 27.6 Å². The molecular weight excluding hydrogens is 565 g/mol. The Balaban J connectivity index is 1.46. The molecule has 0 saturated heterocycles. The van der Waals surface area contributed by atoms with Gasteiger partial charge in [0.2, 0.25) is 0 Å². The molecule has 1 aliphatic heterocycles. The third kappa shape index (κ3) is 5.61. The summed E-state index contributed by atoms with van der Waals surface area (Å²) in [5.74, 6) is -1.60. The van der Waals surface area contributed by atoms with Gasteiger partial charge in [-0.25, -0.2) is 0 Å². The summed E-state index contributed by atoms with van der Waals surface area (Å²) >= 11 is 1.26. The Morgan fingerprint density at radius 1 is 1.00 bits per heavy atom. The molecule has 7 nitrogen and oxygen atoms in total. The van der Waals surface area contributed by atoms with Gasteiger partial charge in [-0.1, -0.05) is 43.7 Å². The highest BCUT2D eigenvalue weighted by Crippen LogP contribution is 2.35. The Bertz CT molecular complexity index is 1640. The summed E-state index contributed by atoms with van der Waals surface area (Å²) in [5, 5.41) is 7.21. The number of aryl methyl sites for hydroxylation is 3. The first-order chi connectivity index (χ1) is 20.0. The third-order valence-corrected chi connectivity index (χ3v) is 8.39. The van der Waals surface area contributed by atoms with E-state index in [2.05, 4.69) is 17.3 Å². The summed E-state index contributed by atoms with van der Waals surface area (Å²) in [4.78, 5) is 42.0. The van der Waals surface area contributed by atoms with Crippen LogP contribution in [0.5, 0.6) is 0 Å². The van der Waals surface area contributed by atoms with Crippen molar-refractivity contribution in [2.75, 3.05) is 6.54 Å². The first kappa shape index (κ1) is 29.2. The molecule has 0 bridgehead atoms. The van der Waals surface area contributed by atoms with Crippen molar-refractivity contribution in [1.82, 2.24) is 20.0 Å². The number of thiophene rings is 1. The van der Waals surface area contributed by atoms with Gasteiger partial charge < -0.3 is 5.32 Å². The Morgan fingerprint density at radius 3 is 2.29 bits per heavy atom. The van der Waals surface area contributed by atoms with E-state index >= 15 is 0 Å². The van der Waals surface area contributed by atoms with Gasteiger partial charge in [0.15, 0.2) is 0 Å². The lowest BCUT2D eigenvalue weighted by molar-refractivity contribution is -0.138. The molecule has 4 aromatic rings. The molecular formula is C31H29F3N4O3S. The number of carbonyl (C=O) groups excluding carboxylic acids is 3. The maximum atomic E-state index is 13.8. The zero-order valence-corrected chi connectivity index (χ0v) is 24.1. The second-order valence-corrected chi connectivity index (χ2v) is 11.5. The normalized spacial score (nSPS) is 13.9. The fraction of sp³-hybridized carbons (Fsp3) is 0.290. The summed E-state index contributed by atoms with van der Waals surface area (Å²) in [6.07, 6.45) is -1.30. The highest BCUT2D eigenvalue weighted by Gasteiger charge is 2.38. The van der Waals surface area contributed by atoms with Gasteiger partial charge in [-0.3, -0.25) is 24.0 Å². The average Bonchev–Trinajstić information content (AvgIpc) is 3.58. The van der Waals surface area contributed by atoms with E-state index in [1.54, 1.807) is 22.9 Å². The minimum absolute atomic E-state index is 0.0472. The van der Waals surface area contributed by atoms with E-state index in [1.165, 1.54) is 41.7 Å².